The summed E-state index contributed by atoms with van der Waals surface area (Å²) < 4.78 is 19.5. The number of rotatable bonds is 7. The van der Waals surface area contributed by atoms with Crippen LogP contribution in [0.4, 0.5) is 10.3 Å². The van der Waals surface area contributed by atoms with Crippen molar-refractivity contribution in [3.8, 4) is 17.1 Å². The first-order valence-corrected chi connectivity index (χ1v) is 10.8. The number of aromatic nitrogens is 3. The Morgan fingerprint density at radius 2 is 2.03 bits per heavy atom. The molecule has 0 bridgehead atoms. The normalized spacial score (nSPS) is 17.3. The Morgan fingerprint density at radius 3 is 2.79 bits per heavy atom. The van der Waals surface area contributed by atoms with E-state index in [0.29, 0.717) is 47.1 Å². The minimum Gasteiger partial charge on any atom is -0.481 e. The number of halogens is 1. The number of nitrogen functional groups attached to an aromatic ring is 1. The summed E-state index contributed by atoms with van der Waals surface area (Å²) in [6, 6.07) is 9.94. The predicted molar refractivity (Wildman–Crippen MR) is 124 cm³/mol. The SMILES string of the molecule is COc1cccc(-c2cc(F)ccc2C2CC(=NOC[C@@H](O)CO)c3c(C)nc(N)nc3C2)n1. The lowest BCUT2D eigenvalue weighted by Gasteiger charge is -2.28. The highest BCUT2D eigenvalue weighted by molar-refractivity contribution is 6.03. The highest BCUT2D eigenvalue weighted by atomic mass is 19.1. The van der Waals surface area contributed by atoms with Gasteiger partial charge in [0, 0.05) is 23.6 Å². The number of ether oxygens (including phenoxy) is 1. The largest absolute Gasteiger partial charge is 0.481 e. The van der Waals surface area contributed by atoms with E-state index in [-0.39, 0.29) is 24.3 Å². The summed E-state index contributed by atoms with van der Waals surface area (Å²) in [5.74, 6) is 0.0738. The number of aliphatic hydroxyl groups excluding tert-OH is 2. The molecule has 10 heteroatoms. The number of methoxy groups -OCH3 is 1. The Labute approximate surface area is 196 Å². The van der Waals surface area contributed by atoms with Gasteiger partial charge in [-0.2, -0.15) is 0 Å². The third-order valence-electron chi connectivity index (χ3n) is 5.67. The number of aliphatic hydroxyl groups is 2. The van der Waals surface area contributed by atoms with Crippen LogP contribution in [0.2, 0.25) is 0 Å². The molecule has 1 aliphatic carbocycles. The Kier molecular flexibility index (Phi) is 6.99. The maximum atomic E-state index is 14.3. The van der Waals surface area contributed by atoms with E-state index >= 15 is 0 Å². The summed E-state index contributed by atoms with van der Waals surface area (Å²) in [6.45, 7) is 1.22. The first kappa shape index (κ1) is 23.5. The van der Waals surface area contributed by atoms with Gasteiger partial charge in [-0.05, 0) is 43.0 Å². The van der Waals surface area contributed by atoms with Crippen molar-refractivity contribution in [3.05, 3.63) is 64.7 Å². The quantitative estimate of drug-likeness (QED) is 0.451. The molecule has 0 spiro atoms. The number of hydrogen-bond donors (Lipinski definition) is 3. The van der Waals surface area contributed by atoms with Crippen LogP contribution in [0, 0.1) is 12.7 Å². The standard InChI is InChI=1S/C24H26FN5O4/c1-13-23-20(29-24(26)27-13)8-14(9-21(23)30-34-12-16(32)11-31)17-7-6-15(25)10-18(17)19-4-3-5-22(28-19)33-2/h3-7,10,14,16,31-32H,8-9,11-12H2,1-2H3,(H2,26,27,29)/t14?,16-/m0/s1. The van der Waals surface area contributed by atoms with E-state index in [1.807, 2.05) is 6.92 Å². The molecule has 3 aromatic rings. The number of fused-ring (bicyclic) bond motifs is 1. The van der Waals surface area contributed by atoms with E-state index < -0.39 is 12.7 Å². The summed E-state index contributed by atoms with van der Waals surface area (Å²) in [4.78, 5) is 18.5. The molecule has 0 radical (unpaired) electrons. The van der Waals surface area contributed by atoms with Crippen molar-refractivity contribution in [2.75, 3.05) is 26.1 Å². The highest BCUT2D eigenvalue weighted by Crippen LogP contribution is 2.38. The van der Waals surface area contributed by atoms with Crippen LogP contribution < -0.4 is 10.5 Å². The summed E-state index contributed by atoms with van der Waals surface area (Å²) in [7, 11) is 1.53. The lowest BCUT2D eigenvalue weighted by atomic mass is 9.79. The number of hydrogen-bond acceptors (Lipinski definition) is 9. The molecule has 9 nitrogen and oxygen atoms in total. The monoisotopic (exact) mass is 467 g/mol. The van der Waals surface area contributed by atoms with Crippen molar-refractivity contribution in [2.45, 2.75) is 31.8 Å². The van der Waals surface area contributed by atoms with Crippen LogP contribution in [-0.2, 0) is 11.3 Å². The number of nitrogens with two attached hydrogens (primary N) is 1. The molecule has 34 heavy (non-hydrogen) atoms. The maximum absolute atomic E-state index is 14.3. The first-order chi connectivity index (χ1) is 16.4. The molecule has 0 saturated heterocycles. The number of benzene rings is 1. The molecule has 0 amide bonds. The molecule has 1 unspecified atom stereocenters. The lowest BCUT2D eigenvalue weighted by molar-refractivity contribution is 0.00812. The van der Waals surface area contributed by atoms with Gasteiger partial charge in [-0.15, -0.1) is 0 Å². The van der Waals surface area contributed by atoms with E-state index in [9.17, 15) is 9.50 Å². The van der Waals surface area contributed by atoms with Crippen molar-refractivity contribution in [2.24, 2.45) is 5.16 Å². The van der Waals surface area contributed by atoms with Gasteiger partial charge in [0.05, 0.1) is 36.5 Å². The molecule has 2 atom stereocenters. The summed E-state index contributed by atoms with van der Waals surface area (Å²) in [5, 5.41) is 22.9. The van der Waals surface area contributed by atoms with Crippen LogP contribution in [0.1, 0.15) is 34.9 Å². The smallest absolute Gasteiger partial charge is 0.220 e. The van der Waals surface area contributed by atoms with Crippen LogP contribution in [0.5, 0.6) is 5.88 Å². The van der Waals surface area contributed by atoms with E-state index in [1.54, 1.807) is 24.3 Å². The third-order valence-corrected chi connectivity index (χ3v) is 5.67. The van der Waals surface area contributed by atoms with Crippen LogP contribution in [-0.4, -0.2) is 57.3 Å². The zero-order valence-electron chi connectivity index (χ0n) is 18.9. The second-order valence-corrected chi connectivity index (χ2v) is 8.06. The molecule has 2 heterocycles. The second kappa shape index (κ2) is 10.1. The van der Waals surface area contributed by atoms with Gasteiger partial charge in [0.2, 0.25) is 11.8 Å². The fourth-order valence-corrected chi connectivity index (χ4v) is 4.16. The topological polar surface area (TPSA) is 136 Å². The number of pyridine rings is 1. The summed E-state index contributed by atoms with van der Waals surface area (Å²) in [5.41, 5.74) is 10.7. The maximum Gasteiger partial charge on any atom is 0.220 e. The van der Waals surface area contributed by atoms with E-state index in [4.69, 9.17) is 20.4 Å². The zero-order valence-corrected chi connectivity index (χ0v) is 18.9. The van der Waals surface area contributed by atoms with Crippen molar-refractivity contribution in [3.63, 3.8) is 0 Å². The molecule has 1 aromatic carbocycles. The van der Waals surface area contributed by atoms with Crippen LogP contribution in [0.15, 0.2) is 41.6 Å². The van der Waals surface area contributed by atoms with Gasteiger partial charge in [0.25, 0.3) is 0 Å². The molecular formula is C24H26FN5O4. The second-order valence-electron chi connectivity index (χ2n) is 8.06. The Bertz CT molecular complexity index is 1220. The summed E-state index contributed by atoms with van der Waals surface area (Å²) in [6.07, 6.45) is -0.0577. The van der Waals surface area contributed by atoms with Crippen LogP contribution in [0.25, 0.3) is 11.3 Å². The number of anilines is 1. The van der Waals surface area contributed by atoms with Gasteiger partial charge in [-0.3, -0.25) is 0 Å². The van der Waals surface area contributed by atoms with Gasteiger partial charge in [-0.25, -0.2) is 19.3 Å². The van der Waals surface area contributed by atoms with Gasteiger partial charge in [0.1, 0.15) is 18.5 Å². The van der Waals surface area contributed by atoms with Gasteiger partial charge in [-0.1, -0.05) is 17.3 Å². The van der Waals surface area contributed by atoms with Crippen molar-refractivity contribution in [1.82, 2.24) is 15.0 Å². The molecule has 178 valence electrons. The van der Waals surface area contributed by atoms with Gasteiger partial charge in [0.15, 0.2) is 0 Å². The average molecular weight is 468 g/mol. The summed E-state index contributed by atoms with van der Waals surface area (Å²) >= 11 is 0. The fourth-order valence-electron chi connectivity index (χ4n) is 4.16. The van der Waals surface area contributed by atoms with E-state index in [1.165, 1.54) is 19.2 Å². The van der Waals surface area contributed by atoms with Gasteiger partial charge < -0.3 is 25.5 Å². The van der Waals surface area contributed by atoms with Crippen LogP contribution >= 0.6 is 0 Å². The lowest BCUT2D eigenvalue weighted by Crippen LogP contribution is -2.25. The molecule has 4 rings (SSSR count). The molecule has 4 N–H and O–H groups in total. The third kappa shape index (κ3) is 4.97. The number of nitrogens with zero attached hydrogens (tertiary/aromatic N) is 4. The molecular weight excluding hydrogens is 441 g/mol. The minimum atomic E-state index is -1.05. The molecule has 2 aromatic heterocycles. The fraction of sp³-hybridized carbons (Fsp3) is 0.333. The molecule has 0 fully saturated rings. The predicted octanol–water partition coefficient (Wildman–Crippen LogP) is 2.38. The van der Waals surface area contributed by atoms with Crippen molar-refractivity contribution < 1.29 is 24.2 Å². The average Bonchev–Trinajstić information content (AvgIpc) is 2.83. The van der Waals surface area contributed by atoms with Crippen LogP contribution in [0.3, 0.4) is 0 Å². The Hall–Kier alpha value is -3.63. The molecule has 0 saturated carbocycles. The van der Waals surface area contributed by atoms with E-state index in [0.717, 1.165) is 11.1 Å². The Morgan fingerprint density at radius 1 is 1.21 bits per heavy atom. The molecule has 0 aliphatic heterocycles. The highest BCUT2D eigenvalue weighted by Gasteiger charge is 2.31. The number of oxime groups is 1. The zero-order chi connectivity index (χ0) is 24.2. The number of aryl methyl sites for hydroxylation is 1. The first-order valence-electron chi connectivity index (χ1n) is 10.8. The van der Waals surface area contributed by atoms with Gasteiger partial charge >= 0.3 is 0 Å². The Balaban J connectivity index is 1.77. The van der Waals surface area contributed by atoms with Crippen molar-refractivity contribution in [1.29, 1.82) is 0 Å². The van der Waals surface area contributed by atoms with E-state index in [2.05, 4.69) is 20.1 Å². The molecule has 1 aliphatic rings. The van der Waals surface area contributed by atoms with Crippen molar-refractivity contribution >= 4 is 11.7 Å². The minimum absolute atomic E-state index is 0.130.